The molecule has 0 saturated carbocycles. The van der Waals surface area contributed by atoms with E-state index >= 15 is 0 Å². The van der Waals surface area contributed by atoms with Gasteiger partial charge in [-0.3, -0.25) is 14.9 Å². The molecule has 0 aliphatic heterocycles. The molecule has 0 aliphatic rings. The molecule has 0 radical (unpaired) electrons. The SMILES string of the molecule is Cc1ccc(-c2csc(NC(=O)COC(=O)CN(C)c3ccc(Cl)nn3)n2)cc1. The maximum Gasteiger partial charge on any atom is 0.326 e. The van der Waals surface area contributed by atoms with Crippen molar-refractivity contribution in [1.82, 2.24) is 15.2 Å². The molecule has 0 atom stereocenters. The van der Waals surface area contributed by atoms with Crippen LogP contribution in [0, 0.1) is 6.92 Å². The number of thiazole rings is 1. The second-order valence-electron chi connectivity index (χ2n) is 6.18. The Kier molecular flexibility index (Phi) is 6.73. The van der Waals surface area contributed by atoms with Crippen LogP contribution in [0.4, 0.5) is 10.9 Å². The van der Waals surface area contributed by atoms with E-state index in [4.69, 9.17) is 16.3 Å². The minimum atomic E-state index is -0.570. The van der Waals surface area contributed by atoms with E-state index in [0.29, 0.717) is 10.9 Å². The minimum absolute atomic E-state index is 0.0849. The predicted molar refractivity (Wildman–Crippen MR) is 112 cm³/mol. The second kappa shape index (κ2) is 9.44. The Bertz CT molecular complexity index is 992. The van der Waals surface area contributed by atoms with Gasteiger partial charge in [0.25, 0.3) is 5.91 Å². The summed E-state index contributed by atoms with van der Waals surface area (Å²) in [6.07, 6.45) is 0. The van der Waals surface area contributed by atoms with Gasteiger partial charge >= 0.3 is 5.97 Å². The third-order valence-corrected chi connectivity index (χ3v) is 4.80. The number of carbonyl (C=O) groups is 2. The number of nitrogens with one attached hydrogen (secondary N) is 1. The first-order chi connectivity index (χ1) is 13.9. The fraction of sp³-hybridized carbons (Fsp3) is 0.211. The Morgan fingerprint density at radius 2 is 1.93 bits per heavy atom. The maximum atomic E-state index is 12.0. The van der Waals surface area contributed by atoms with Gasteiger partial charge in [0.1, 0.15) is 6.54 Å². The number of benzene rings is 1. The van der Waals surface area contributed by atoms with Gasteiger partial charge in [-0.15, -0.1) is 21.5 Å². The Morgan fingerprint density at radius 1 is 1.17 bits per heavy atom. The summed E-state index contributed by atoms with van der Waals surface area (Å²) in [5.74, 6) is -0.571. The van der Waals surface area contributed by atoms with Gasteiger partial charge in [0.15, 0.2) is 22.7 Å². The highest BCUT2D eigenvalue weighted by Gasteiger charge is 2.13. The highest BCUT2D eigenvalue weighted by Crippen LogP contribution is 2.25. The van der Waals surface area contributed by atoms with Crippen molar-refractivity contribution >= 4 is 45.8 Å². The van der Waals surface area contributed by atoms with E-state index in [0.717, 1.165) is 16.8 Å². The first-order valence-electron chi connectivity index (χ1n) is 8.59. The Labute approximate surface area is 176 Å². The first-order valence-corrected chi connectivity index (χ1v) is 9.85. The average Bonchev–Trinajstić information content (AvgIpc) is 3.16. The average molecular weight is 432 g/mol. The summed E-state index contributed by atoms with van der Waals surface area (Å²) in [7, 11) is 1.65. The fourth-order valence-electron chi connectivity index (χ4n) is 2.32. The number of halogens is 1. The van der Waals surface area contributed by atoms with Crippen molar-refractivity contribution in [3.63, 3.8) is 0 Å². The molecular weight excluding hydrogens is 414 g/mol. The van der Waals surface area contributed by atoms with Crippen LogP contribution in [0.1, 0.15) is 5.56 Å². The lowest BCUT2D eigenvalue weighted by atomic mass is 10.1. The molecule has 0 fully saturated rings. The third kappa shape index (κ3) is 5.97. The summed E-state index contributed by atoms with van der Waals surface area (Å²) < 4.78 is 5.01. The number of ether oxygens (including phenoxy) is 1. The van der Waals surface area contributed by atoms with E-state index in [1.807, 2.05) is 36.6 Å². The molecular formula is C19H18ClN5O3S. The van der Waals surface area contributed by atoms with Crippen molar-refractivity contribution in [2.45, 2.75) is 6.92 Å². The monoisotopic (exact) mass is 431 g/mol. The maximum absolute atomic E-state index is 12.0. The van der Waals surface area contributed by atoms with Gasteiger partial charge in [0.2, 0.25) is 0 Å². The lowest BCUT2D eigenvalue weighted by Crippen LogP contribution is -2.30. The van der Waals surface area contributed by atoms with E-state index in [1.54, 1.807) is 19.2 Å². The van der Waals surface area contributed by atoms with Crippen LogP contribution >= 0.6 is 22.9 Å². The van der Waals surface area contributed by atoms with Crippen LogP contribution in [0.15, 0.2) is 41.8 Å². The van der Waals surface area contributed by atoms with Crippen LogP contribution in [0.25, 0.3) is 11.3 Å². The minimum Gasteiger partial charge on any atom is -0.454 e. The van der Waals surface area contributed by atoms with Gasteiger partial charge in [0.05, 0.1) is 5.69 Å². The molecule has 1 amide bonds. The lowest BCUT2D eigenvalue weighted by molar-refractivity contribution is -0.145. The molecule has 0 spiro atoms. The molecule has 150 valence electrons. The van der Waals surface area contributed by atoms with E-state index in [9.17, 15) is 9.59 Å². The predicted octanol–water partition coefficient (Wildman–Crippen LogP) is 3.18. The number of aryl methyl sites for hydroxylation is 1. The van der Waals surface area contributed by atoms with Gasteiger partial charge in [-0.1, -0.05) is 41.4 Å². The summed E-state index contributed by atoms with van der Waals surface area (Å²) >= 11 is 6.99. The molecule has 3 aromatic rings. The molecule has 1 aromatic carbocycles. The summed E-state index contributed by atoms with van der Waals surface area (Å²) in [5.41, 5.74) is 2.90. The topological polar surface area (TPSA) is 97.3 Å². The van der Waals surface area contributed by atoms with Crippen molar-refractivity contribution in [2.24, 2.45) is 0 Å². The molecule has 3 rings (SSSR count). The highest BCUT2D eigenvalue weighted by atomic mass is 35.5. The second-order valence-corrected chi connectivity index (χ2v) is 7.43. The van der Waals surface area contributed by atoms with E-state index in [-0.39, 0.29) is 11.7 Å². The van der Waals surface area contributed by atoms with E-state index < -0.39 is 18.5 Å². The number of aromatic nitrogens is 3. The molecule has 1 N–H and O–H groups in total. The van der Waals surface area contributed by atoms with Crippen LogP contribution in [0.3, 0.4) is 0 Å². The molecule has 0 saturated heterocycles. The number of likely N-dealkylation sites (N-methyl/N-ethyl adjacent to an activating group) is 1. The van der Waals surface area contributed by atoms with Gasteiger partial charge in [0, 0.05) is 18.0 Å². The van der Waals surface area contributed by atoms with E-state index in [1.165, 1.54) is 16.2 Å². The highest BCUT2D eigenvalue weighted by molar-refractivity contribution is 7.14. The number of nitrogens with zero attached hydrogens (tertiary/aromatic N) is 4. The Balaban J connectivity index is 1.46. The number of anilines is 2. The summed E-state index contributed by atoms with van der Waals surface area (Å²) in [6, 6.07) is 11.1. The van der Waals surface area contributed by atoms with Crippen molar-refractivity contribution in [3.8, 4) is 11.3 Å². The van der Waals surface area contributed by atoms with Crippen LogP contribution in [0.5, 0.6) is 0 Å². The summed E-state index contributed by atoms with van der Waals surface area (Å²) in [5, 5.41) is 12.8. The van der Waals surface area contributed by atoms with Crippen LogP contribution in [-0.2, 0) is 14.3 Å². The number of rotatable bonds is 7. The molecule has 2 heterocycles. The number of carbonyl (C=O) groups excluding carboxylic acids is 2. The van der Waals surface area contributed by atoms with Gasteiger partial charge in [-0.2, -0.15) is 0 Å². The molecule has 0 unspecified atom stereocenters. The Morgan fingerprint density at radius 3 is 2.62 bits per heavy atom. The number of hydrogen-bond donors (Lipinski definition) is 1. The number of amides is 1. The standard InChI is InChI=1S/C19H18ClN5O3S/c1-12-3-5-13(6-4-12)14-11-29-19(21-14)22-17(26)10-28-18(27)9-25(2)16-8-7-15(20)23-24-16/h3-8,11H,9-10H2,1-2H3,(H,21,22,26). The van der Waals surface area contributed by atoms with Crippen molar-refractivity contribution in [1.29, 1.82) is 0 Å². The Hall–Kier alpha value is -3.04. The molecule has 0 aliphatic carbocycles. The molecule has 8 nitrogen and oxygen atoms in total. The lowest BCUT2D eigenvalue weighted by Gasteiger charge is -2.16. The molecule has 0 bridgehead atoms. The van der Waals surface area contributed by atoms with Gasteiger partial charge < -0.3 is 9.64 Å². The van der Waals surface area contributed by atoms with Crippen LogP contribution < -0.4 is 10.2 Å². The van der Waals surface area contributed by atoms with Gasteiger partial charge in [-0.25, -0.2) is 4.98 Å². The quantitative estimate of drug-likeness (QED) is 0.573. The van der Waals surface area contributed by atoms with Gasteiger partial charge in [-0.05, 0) is 19.1 Å². The fourth-order valence-corrected chi connectivity index (χ4v) is 3.16. The molecule has 2 aromatic heterocycles. The van der Waals surface area contributed by atoms with Crippen LogP contribution in [-0.4, -0.2) is 47.3 Å². The zero-order chi connectivity index (χ0) is 20.8. The van der Waals surface area contributed by atoms with Crippen LogP contribution in [0.2, 0.25) is 5.15 Å². The summed E-state index contributed by atoms with van der Waals surface area (Å²) in [6.45, 7) is 1.52. The zero-order valence-corrected chi connectivity index (χ0v) is 17.3. The largest absolute Gasteiger partial charge is 0.454 e. The smallest absolute Gasteiger partial charge is 0.326 e. The number of hydrogen-bond acceptors (Lipinski definition) is 8. The zero-order valence-electron chi connectivity index (χ0n) is 15.8. The number of esters is 1. The molecule has 29 heavy (non-hydrogen) atoms. The summed E-state index contributed by atoms with van der Waals surface area (Å²) in [4.78, 5) is 29.9. The normalized spacial score (nSPS) is 10.4. The first kappa shape index (κ1) is 20.7. The molecule has 10 heteroatoms. The van der Waals surface area contributed by atoms with Crippen molar-refractivity contribution in [3.05, 3.63) is 52.5 Å². The van der Waals surface area contributed by atoms with E-state index in [2.05, 4.69) is 20.5 Å². The van der Waals surface area contributed by atoms with Crippen molar-refractivity contribution in [2.75, 3.05) is 30.4 Å². The third-order valence-electron chi connectivity index (χ3n) is 3.84. The van der Waals surface area contributed by atoms with Crippen molar-refractivity contribution < 1.29 is 14.3 Å².